The van der Waals surface area contributed by atoms with Crippen molar-refractivity contribution in [2.75, 3.05) is 12.4 Å². The number of nitrogens with two attached hydrogens (primary N) is 1. The Hall–Kier alpha value is -4.03. The molecule has 0 aliphatic carbocycles. The summed E-state index contributed by atoms with van der Waals surface area (Å²) >= 11 is 6.29. The Bertz CT molecular complexity index is 1190. The molecule has 2 atom stereocenters. The van der Waals surface area contributed by atoms with Crippen LogP contribution in [0.15, 0.2) is 42.5 Å². The van der Waals surface area contributed by atoms with E-state index in [9.17, 15) is 19.2 Å². The molecule has 0 saturated heterocycles. The predicted molar refractivity (Wildman–Crippen MR) is 142 cm³/mol. The van der Waals surface area contributed by atoms with E-state index in [2.05, 4.69) is 16.6 Å². The van der Waals surface area contributed by atoms with Crippen molar-refractivity contribution >= 4 is 41.1 Å². The maximum atomic E-state index is 13.6. The average molecular weight is 527 g/mol. The van der Waals surface area contributed by atoms with Crippen LogP contribution in [0.25, 0.3) is 0 Å². The lowest BCUT2D eigenvalue weighted by Crippen LogP contribution is -2.52. The highest BCUT2D eigenvalue weighted by molar-refractivity contribution is 6.34. The number of hydrogen-bond donors (Lipinski definition) is 3. The Labute approximate surface area is 221 Å². The van der Waals surface area contributed by atoms with E-state index in [1.54, 1.807) is 70.2 Å². The fraction of sp³-hybridized carbons (Fsp3) is 0.333. The first-order chi connectivity index (χ1) is 17.2. The molecule has 0 aliphatic heterocycles. The summed E-state index contributed by atoms with van der Waals surface area (Å²) in [6.45, 7) is 6.74. The van der Waals surface area contributed by atoms with Crippen molar-refractivity contribution in [3.63, 3.8) is 0 Å². The number of para-hydroxylation sites is 1. The van der Waals surface area contributed by atoms with E-state index in [0.29, 0.717) is 21.8 Å². The van der Waals surface area contributed by atoms with Crippen LogP contribution in [0, 0.1) is 19.3 Å². The number of ether oxygens (including phenoxy) is 1. The minimum Gasteiger partial charge on any atom is -0.444 e. The molecular formula is C27H31ClN4O5. The van der Waals surface area contributed by atoms with Gasteiger partial charge in [0.25, 0.3) is 5.91 Å². The van der Waals surface area contributed by atoms with Gasteiger partial charge in [0.15, 0.2) is 0 Å². The summed E-state index contributed by atoms with van der Waals surface area (Å²) in [7, 11) is 1.38. The number of primary amides is 1. The van der Waals surface area contributed by atoms with Crippen molar-refractivity contribution in [1.29, 1.82) is 0 Å². The summed E-state index contributed by atoms with van der Waals surface area (Å²) in [6.07, 6.45) is 4.04. The van der Waals surface area contributed by atoms with Gasteiger partial charge in [-0.25, -0.2) is 4.79 Å². The molecule has 2 aromatic rings. The first-order valence-corrected chi connectivity index (χ1v) is 11.8. The molecule has 0 bridgehead atoms. The second-order valence-electron chi connectivity index (χ2n) is 9.41. The average Bonchev–Trinajstić information content (AvgIpc) is 2.79. The highest BCUT2D eigenvalue weighted by Gasteiger charge is 2.35. The van der Waals surface area contributed by atoms with Crippen LogP contribution >= 0.6 is 11.6 Å². The summed E-state index contributed by atoms with van der Waals surface area (Å²) in [6, 6.07) is 9.11. The molecule has 2 unspecified atom stereocenters. The maximum absolute atomic E-state index is 13.6. The molecule has 37 heavy (non-hydrogen) atoms. The van der Waals surface area contributed by atoms with E-state index >= 15 is 0 Å². The molecule has 4 N–H and O–H groups in total. The summed E-state index contributed by atoms with van der Waals surface area (Å²) in [5.41, 5.74) is 6.62. The van der Waals surface area contributed by atoms with Gasteiger partial charge in [0.1, 0.15) is 17.7 Å². The number of carbonyl (C=O) groups is 4. The summed E-state index contributed by atoms with van der Waals surface area (Å²) in [5, 5.41) is 5.49. The number of amides is 4. The Balaban J connectivity index is 2.45. The number of terminal acetylenes is 1. The largest absolute Gasteiger partial charge is 0.444 e. The summed E-state index contributed by atoms with van der Waals surface area (Å²) < 4.78 is 5.22. The standard InChI is InChI=1S/C27H31ClN4O5/c1-7-17-11-13-18(14-12-17)23(24(34)31-22-16(2)9-8-10-19(22)28)32(6)25(35)20(15-21(29)33)30-26(36)37-27(3,4)5/h1,8-14,20,23H,15H2,2-6H3,(H2,29,33)(H,30,36)(H,31,34). The van der Waals surface area contributed by atoms with Crippen molar-refractivity contribution in [3.8, 4) is 12.3 Å². The molecule has 0 heterocycles. The van der Waals surface area contributed by atoms with Crippen LogP contribution in [0.3, 0.4) is 0 Å². The van der Waals surface area contributed by atoms with Crippen LogP contribution in [0.5, 0.6) is 0 Å². The van der Waals surface area contributed by atoms with Crippen molar-refractivity contribution in [2.45, 2.75) is 51.8 Å². The fourth-order valence-corrected chi connectivity index (χ4v) is 3.79. The zero-order chi connectivity index (χ0) is 27.9. The van der Waals surface area contributed by atoms with Gasteiger partial charge in [-0.15, -0.1) is 6.42 Å². The Morgan fingerprint density at radius 3 is 2.27 bits per heavy atom. The lowest BCUT2D eigenvalue weighted by Gasteiger charge is -2.31. The Morgan fingerprint density at radius 2 is 1.76 bits per heavy atom. The second-order valence-corrected chi connectivity index (χ2v) is 9.82. The van der Waals surface area contributed by atoms with Crippen molar-refractivity contribution < 1.29 is 23.9 Å². The van der Waals surface area contributed by atoms with E-state index in [1.807, 2.05) is 0 Å². The molecule has 0 aromatic heterocycles. The number of nitrogens with zero attached hydrogens (tertiary/aromatic N) is 1. The minimum atomic E-state index is -1.38. The normalized spacial score (nSPS) is 12.5. The highest BCUT2D eigenvalue weighted by Crippen LogP contribution is 2.29. The number of anilines is 1. The van der Waals surface area contributed by atoms with Crippen molar-refractivity contribution in [3.05, 3.63) is 64.2 Å². The van der Waals surface area contributed by atoms with Crippen LogP contribution in [0.4, 0.5) is 10.5 Å². The topological polar surface area (TPSA) is 131 Å². The maximum Gasteiger partial charge on any atom is 0.408 e. The number of rotatable bonds is 8. The van der Waals surface area contributed by atoms with Crippen molar-refractivity contribution in [1.82, 2.24) is 10.2 Å². The monoisotopic (exact) mass is 526 g/mol. The lowest BCUT2D eigenvalue weighted by atomic mass is 10.0. The van der Waals surface area contributed by atoms with Crippen LogP contribution in [0.2, 0.25) is 5.02 Å². The van der Waals surface area contributed by atoms with Gasteiger partial charge in [0, 0.05) is 12.6 Å². The Morgan fingerprint density at radius 1 is 1.14 bits per heavy atom. The third-order valence-electron chi connectivity index (χ3n) is 5.24. The lowest BCUT2D eigenvalue weighted by molar-refractivity contribution is -0.140. The second kappa shape index (κ2) is 12.3. The third-order valence-corrected chi connectivity index (χ3v) is 5.56. The van der Waals surface area contributed by atoms with Crippen LogP contribution in [-0.4, -0.2) is 47.4 Å². The number of hydrogen-bond acceptors (Lipinski definition) is 5. The number of nitrogens with one attached hydrogen (secondary N) is 2. The molecule has 9 nitrogen and oxygen atoms in total. The molecule has 0 saturated carbocycles. The minimum absolute atomic E-state index is 0.321. The van der Waals surface area contributed by atoms with Gasteiger partial charge < -0.3 is 26.0 Å². The van der Waals surface area contributed by atoms with Gasteiger partial charge in [-0.2, -0.15) is 0 Å². The van der Waals surface area contributed by atoms with E-state index in [4.69, 9.17) is 28.5 Å². The van der Waals surface area contributed by atoms with Gasteiger partial charge in [0.05, 0.1) is 17.1 Å². The Kier molecular flexibility index (Phi) is 9.69. The van der Waals surface area contributed by atoms with E-state index < -0.39 is 47.9 Å². The zero-order valence-electron chi connectivity index (χ0n) is 21.4. The van der Waals surface area contributed by atoms with Gasteiger partial charge in [0.2, 0.25) is 11.8 Å². The van der Waals surface area contributed by atoms with Crippen LogP contribution < -0.4 is 16.4 Å². The summed E-state index contributed by atoms with van der Waals surface area (Å²) in [4.78, 5) is 52.3. The van der Waals surface area contributed by atoms with Gasteiger partial charge >= 0.3 is 6.09 Å². The predicted octanol–water partition coefficient (Wildman–Crippen LogP) is 3.54. The number of carbonyl (C=O) groups excluding carboxylic acids is 4. The van der Waals surface area contributed by atoms with E-state index in [0.717, 1.165) is 10.5 Å². The molecule has 10 heteroatoms. The van der Waals surface area contributed by atoms with Gasteiger partial charge in [-0.05, 0) is 57.0 Å². The van der Waals surface area contributed by atoms with Crippen LogP contribution in [0.1, 0.15) is 49.9 Å². The number of benzene rings is 2. The van der Waals surface area contributed by atoms with Gasteiger partial charge in [-0.3, -0.25) is 14.4 Å². The third kappa shape index (κ3) is 8.26. The van der Waals surface area contributed by atoms with Gasteiger partial charge in [-0.1, -0.05) is 41.8 Å². The SMILES string of the molecule is C#Cc1ccc(C(C(=O)Nc2c(C)cccc2Cl)N(C)C(=O)C(CC(N)=O)NC(=O)OC(C)(C)C)cc1. The highest BCUT2D eigenvalue weighted by atomic mass is 35.5. The fourth-order valence-electron chi connectivity index (χ4n) is 3.52. The van der Waals surface area contributed by atoms with E-state index in [-0.39, 0.29) is 0 Å². The zero-order valence-corrected chi connectivity index (χ0v) is 22.2. The molecule has 0 spiro atoms. The molecule has 0 aliphatic rings. The number of alkyl carbamates (subject to hydrolysis) is 1. The molecular weight excluding hydrogens is 496 g/mol. The number of likely N-dealkylation sites (N-methyl/N-ethyl adjacent to an activating group) is 1. The molecule has 0 radical (unpaired) electrons. The quantitative estimate of drug-likeness (QED) is 0.453. The smallest absolute Gasteiger partial charge is 0.408 e. The molecule has 196 valence electrons. The first kappa shape index (κ1) is 29.2. The molecule has 0 fully saturated rings. The molecule has 2 aromatic carbocycles. The van der Waals surface area contributed by atoms with Crippen molar-refractivity contribution in [2.24, 2.45) is 5.73 Å². The first-order valence-electron chi connectivity index (χ1n) is 11.4. The number of aryl methyl sites for hydroxylation is 1. The molecule has 4 amide bonds. The van der Waals surface area contributed by atoms with Crippen LogP contribution in [-0.2, 0) is 19.1 Å². The summed E-state index contributed by atoms with van der Waals surface area (Å²) in [5.74, 6) is 0.365. The molecule has 2 rings (SSSR count). The van der Waals surface area contributed by atoms with E-state index in [1.165, 1.54) is 7.05 Å². The number of halogens is 1.